The molecule has 0 spiro atoms. The summed E-state index contributed by atoms with van der Waals surface area (Å²) >= 11 is 0. The molecule has 1 aromatic carbocycles. The van der Waals surface area contributed by atoms with Crippen molar-refractivity contribution in [3.05, 3.63) is 41.5 Å². The molecule has 0 aliphatic carbocycles. The molecule has 8 heteroatoms. The molecule has 0 aliphatic rings. The average molecular weight is 319 g/mol. The van der Waals surface area contributed by atoms with Gasteiger partial charge in [0.15, 0.2) is 0 Å². The molecule has 0 saturated heterocycles. The van der Waals surface area contributed by atoms with Gasteiger partial charge in [-0.15, -0.1) is 0 Å². The quantitative estimate of drug-likeness (QED) is 0.760. The normalized spacial score (nSPS) is 12.1. The summed E-state index contributed by atoms with van der Waals surface area (Å²) in [5.41, 5.74) is 2.78. The molecular weight excluding hydrogens is 302 g/mol. The van der Waals surface area contributed by atoms with E-state index < -0.39 is 10.0 Å². The van der Waals surface area contributed by atoms with Gasteiger partial charge in [-0.05, 0) is 26.0 Å². The monoisotopic (exact) mass is 319 g/mol. The topological polar surface area (TPSA) is 92.7 Å². The van der Waals surface area contributed by atoms with Crippen molar-refractivity contribution in [3.63, 3.8) is 0 Å². The minimum absolute atomic E-state index is 0.102. The van der Waals surface area contributed by atoms with Gasteiger partial charge >= 0.3 is 0 Å². The average Bonchev–Trinajstić information content (AvgIpc) is 2.98. The number of aromatic nitrogens is 4. The first-order valence-electron chi connectivity index (χ1n) is 6.82. The van der Waals surface area contributed by atoms with Gasteiger partial charge < -0.3 is 4.98 Å². The summed E-state index contributed by atoms with van der Waals surface area (Å²) in [6.45, 7) is 3.52. The van der Waals surface area contributed by atoms with Gasteiger partial charge in [0.25, 0.3) is 0 Å². The molecule has 22 heavy (non-hydrogen) atoms. The summed E-state index contributed by atoms with van der Waals surface area (Å²) in [6.07, 6.45) is 0. The highest BCUT2D eigenvalue weighted by atomic mass is 32.2. The lowest BCUT2D eigenvalue weighted by Gasteiger charge is -2.05. The van der Waals surface area contributed by atoms with Crippen molar-refractivity contribution in [1.29, 1.82) is 0 Å². The molecule has 3 aromatic rings. The molecule has 0 aliphatic heterocycles. The first-order chi connectivity index (χ1) is 10.4. The Morgan fingerprint density at radius 1 is 1.27 bits per heavy atom. The highest BCUT2D eigenvalue weighted by Gasteiger charge is 2.23. The van der Waals surface area contributed by atoms with Crippen molar-refractivity contribution in [3.8, 4) is 0 Å². The number of hydrogen-bond donors (Lipinski definition) is 2. The van der Waals surface area contributed by atoms with Gasteiger partial charge in [0.2, 0.25) is 10.0 Å². The predicted octanol–water partition coefficient (Wildman–Crippen LogP) is 1.39. The van der Waals surface area contributed by atoms with Crippen molar-refractivity contribution >= 4 is 21.1 Å². The van der Waals surface area contributed by atoms with Crippen molar-refractivity contribution in [1.82, 2.24) is 24.5 Å². The Hall–Kier alpha value is -2.19. The van der Waals surface area contributed by atoms with E-state index in [4.69, 9.17) is 0 Å². The Balaban J connectivity index is 1.85. The van der Waals surface area contributed by atoms with Crippen LogP contribution in [0.15, 0.2) is 29.2 Å². The third kappa shape index (κ3) is 2.51. The zero-order valence-electron chi connectivity index (χ0n) is 12.6. The molecule has 0 amide bonds. The molecule has 2 aromatic heterocycles. The number of benzene rings is 1. The molecule has 0 bridgehead atoms. The number of imidazole rings is 1. The first kappa shape index (κ1) is 14.7. The van der Waals surface area contributed by atoms with Crippen LogP contribution >= 0.6 is 0 Å². The van der Waals surface area contributed by atoms with Gasteiger partial charge in [-0.2, -0.15) is 5.10 Å². The molecule has 7 nitrogen and oxygen atoms in total. The van der Waals surface area contributed by atoms with Crippen LogP contribution in [0.4, 0.5) is 0 Å². The summed E-state index contributed by atoms with van der Waals surface area (Å²) in [6, 6.07) is 7.56. The van der Waals surface area contributed by atoms with Crippen LogP contribution in [0, 0.1) is 13.8 Å². The largest absolute Gasteiger partial charge is 0.341 e. The molecule has 0 fully saturated rings. The second-order valence-corrected chi connectivity index (χ2v) is 6.85. The van der Waals surface area contributed by atoms with Crippen molar-refractivity contribution < 1.29 is 8.42 Å². The van der Waals surface area contributed by atoms with E-state index in [1.54, 1.807) is 25.6 Å². The number of nitrogens with one attached hydrogen (secondary N) is 2. The SMILES string of the molecule is Cc1nn(C)c(C)c1S(=O)(=O)NCc1nc2ccccc2[nH]1. The Bertz CT molecular complexity index is 906. The number of aryl methyl sites for hydroxylation is 2. The Morgan fingerprint density at radius 2 is 2.00 bits per heavy atom. The van der Waals surface area contributed by atoms with E-state index in [0.717, 1.165) is 11.0 Å². The van der Waals surface area contributed by atoms with Gasteiger partial charge in [-0.25, -0.2) is 18.1 Å². The number of nitrogens with zero attached hydrogens (tertiary/aromatic N) is 3. The maximum atomic E-state index is 12.5. The van der Waals surface area contributed by atoms with Crippen LogP contribution in [0.2, 0.25) is 0 Å². The molecule has 2 heterocycles. The second kappa shape index (κ2) is 5.22. The lowest BCUT2D eigenvalue weighted by atomic mass is 10.3. The third-order valence-electron chi connectivity index (χ3n) is 3.58. The fourth-order valence-corrected chi connectivity index (χ4v) is 3.89. The van der Waals surface area contributed by atoms with Gasteiger partial charge in [-0.3, -0.25) is 4.68 Å². The molecule has 3 rings (SSSR count). The number of aromatic amines is 1. The van der Waals surface area contributed by atoms with E-state index in [1.807, 2.05) is 24.3 Å². The van der Waals surface area contributed by atoms with E-state index in [9.17, 15) is 8.42 Å². The van der Waals surface area contributed by atoms with Gasteiger partial charge in [0.05, 0.1) is 29.0 Å². The molecule has 116 valence electrons. The zero-order chi connectivity index (χ0) is 15.9. The molecule has 2 N–H and O–H groups in total. The standard InChI is InChI=1S/C14H17N5O2S/c1-9-14(10(2)19(3)18-9)22(20,21)15-8-13-16-11-6-4-5-7-12(11)17-13/h4-7,15H,8H2,1-3H3,(H,16,17). The molecule has 0 atom stereocenters. The lowest BCUT2D eigenvalue weighted by molar-refractivity contribution is 0.578. The Labute approximate surface area is 128 Å². The van der Waals surface area contributed by atoms with Crippen molar-refractivity contribution in [2.75, 3.05) is 0 Å². The van der Waals surface area contributed by atoms with Gasteiger partial charge in [0.1, 0.15) is 10.7 Å². The molecule has 0 radical (unpaired) electrons. The summed E-state index contributed by atoms with van der Waals surface area (Å²) < 4.78 is 29.1. The van der Waals surface area contributed by atoms with Gasteiger partial charge in [-0.1, -0.05) is 12.1 Å². The predicted molar refractivity (Wildman–Crippen MR) is 82.8 cm³/mol. The number of para-hydroxylation sites is 2. The van der Waals surface area contributed by atoms with Crippen LogP contribution in [0.5, 0.6) is 0 Å². The van der Waals surface area contributed by atoms with Crippen LogP contribution < -0.4 is 4.72 Å². The minimum atomic E-state index is -3.63. The molecule has 0 saturated carbocycles. The maximum absolute atomic E-state index is 12.5. The zero-order valence-corrected chi connectivity index (χ0v) is 13.4. The summed E-state index contributed by atoms with van der Waals surface area (Å²) in [5, 5.41) is 4.14. The highest BCUT2D eigenvalue weighted by molar-refractivity contribution is 7.89. The number of sulfonamides is 1. The van der Waals surface area contributed by atoms with Crippen LogP contribution in [0.1, 0.15) is 17.2 Å². The van der Waals surface area contributed by atoms with E-state index in [-0.39, 0.29) is 11.4 Å². The number of rotatable bonds is 4. The van der Waals surface area contributed by atoms with Crippen LogP contribution in [-0.2, 0) is 23.6 Å². The summed E-state index contributed by atoms with van der Waals surface area (Å²) in [7, 11) is -1.91. The molecule has 0 unspecified atom stereocenters. The second-order valence-electron chi connectivity index (χ2n) is 5.15. The van der Waals surface area contributed by atoms with E-state index in [2.05, 4.69) is 19.8 Å². The minimum Gasteiger partial charge on any atom is -0.341 e. The van der Waals surface area contributed by atoms with Gasteiger partial charge in [0, 0.05) is 7.05 Å². The van der Waals surface area contributed by atoms with Crippen LogP contribution in [-0.4, -0.2) is 28.2 Å². The number of fused-ring (bicyclic) bond motifs is 1. The lowest BCUT2D eigenvalue weighted by Crippen LogP contribution is -2.25. The van der Waals surface area contributed by atoms with Crippen LogP contribution in [0.3, 0.4) is 0 Å². The van der Waals surface area contributed by atoms with Crippen molar-refractivity contribution in [2.24, 2.45) is 7.05 Å². The van der Waals surface area contributed by atoms with E-state index >= 15 is 0 Å². The smallest absolute Gasteiger partial charge is 0.244 e. The summed E-state index contributed by atoms with van der Waals surface area (Å²) in [4.78, 5) is 7.68. The molecular formula is C14H17N5O2S. The van der Waals surface area contributed by atoms with E-state index in [1.165, 1.54) is 0 Å². The first-order valence-corrected chi connectivity index (χ1v) is 8.30. The fourth-order valence-electron chi connectivity index (χ4n) is 2.47. The third-order valence-corrected chi connectivity index (χ3v) is 5.23. The number of H-pyrrole nitrogens is 1. The Morgan fingerprint density at radius 3 is 2.64 bits per heavy atom. The van der Waals surface area contributed by atoms with Crippen molar-refractivity contribution in [2.45, 2.75) is 25.3 Å². The maximum Gasteiger partial charge on any atom is 0.244 e. The number of hydrogen-bond acceptors (Lipinski definition) is 4. The summed E-state index contributed by atoms with van der Waals surface area (Å²) in [5.74, 6) is 0.573. The van der Waals surface area contributed by atoms with Crippen LogP contribution in [0.25, 0.3) is 11.0 Å². The fraction of sp³-hybridized carbons (Fsp3) is 0.286. The highest BCUT2D eigenvalue weighted by Crippen LogP contribution is 2.18. The van der Waals surface area contributed by atoms with E-state index in [0.29, 0.717) is 17.2 Å². The Kier molecular flexibility index (Phi) is 3.50.